The summed E-state index contributed by atoms with van der Waals surface area (Å²) in [6.07, 6.45) is 4.97. The van der Waals surface area contributed by atoms with E-state index in [0.29, 0.717) is 12.0 Å². The van der Waals surface area contributed by atoms with Crippen LogP contribution in [-0.2, 0) is 13.5 Å². The van der Waals surface area contributed by atoms with Gasteiger partial charge in [0.25, 0.3) is 0 Å². The fourth-order valence-electron chi connectivity index (χ4n) is 3.51. The van der Waals surface area contributed by atoms with Crippen molar-refractivity contribution in [2.24, 2.45) is 30.7 Å². The summed E-state index contributed by atoms with van der Waals surface area (Å²) in [5.41, 5.74) is 0. The van der Waals surface area contributed by atoms with Crippen molar-refractivity contribution in [3.8, 4) is 0 Å². The molecule has 3 atom stereocenters. The van der Waals surface area contributed by atoms with E-state index in [1.807, 2.05) is 7.05 Å². The van der Waals surface area contributed by atoms with Crippen molar-refractivity contribution >= 4 is 0 Å². The molecule has 0 bridgehead atoms. The van der Waals surface area contributed by atoms with Crippen molar-refractivity contribution in [3.05, 3.63) is 5.82 Å². The van der Waals surface area contributed by atoms with Crippen LogP contribution in [-0.4, -0.2) is 32.8 Å². The van der Waals surface area contributed by atoms with Gasteiger partial charge in [0, 0.05) is 12.5 Å². The lowest BCUT2D eigenvalue weighted by Gasteiger charge is -2.38. The Kier molecular flexibility index (Phi) is 5.73. The SMILES string of the molecule is CC(C)NCC1CCC(C(C)C)CC1Cc1nnn(C)n1. The van der Waals surface area contributed by atoms with E-state index in [2.05, 4.69) is 48.4 Å². The highest BCUT2D eigenvalue weighted by molar-refractivity contribution is 4.90. The van der Waals surface area contributed by atoms with Crippen LogP contribution in [0.15, 0.2) is 0 Å². The molecule has 1 aliphatic rings. The quantitative estimate of drug-likeness (QED) is 0.875. The normalized spacial score (nSPS) is 26.7. The number of hydrogen-bond acceptors (Lipinski definition) is 4. The van der Waals surface area contributed by atoms with Gasteiger partial charge in [0.1, 0.15) is 0 Å². The van der Waals surface area contributed by atoms with Crippen molar-refractivity contribution in [2.45, 2.75) is 59.4 Å². The summed E-state index contributed by atoms with van der Waals surface area (Å²) < 4.78 is 0. The maximum absolute atomic E-state index is 4.38. The molecule has 0 amide bonds. The molecule has 1 heterocycles. The maximum atomic E-state index is 4.38. The first kappa shape index (κ1) is 16.4. The second-order valence-corrected chi connectivity index (χ2v) is 7.30. The number of aryl methyl sites for hydroxylation is 1. The maximum Gasteiger partial charge on any atom is 0.175 e. The summed E-state index contributed by atoms with van der Waals surface area (Å²) in [5.74, 6) is 3.96. The predicted octanol–water partition coefficient (Wildman–Crippen LogP) is 2.44. The van der Waals surface area contributed by atoms with Gasteiger partial charge in [-0.15, -0.1) is 10.2 Å². The van der Waals surface area contributed by atoms with Crippen molar-refractivity contribution in [1.82, 2.24) is 25.5 Å². The Bertz CT molecular complexity index is 426. The highest BCUT2D eigenvalue weighted by Gasteiger charge is 2.32. The summed E-state index contributed by atoms with van der Waals surface area (Å²) >= 11 is 0. The molecule has 0 aromatic carbocycles. The molecule has 2 rings (SSSR count). The fraction of sp³-hybridized carbons (Fsp3) is 0.938. The molecule has 1 aromatic rings. The molecule has 5 nitrogen and oxygen atoms in total. The van der Waals surface area contributed by atoms with Gasteiger partial charge in [-0.05, 0) is 54.7 Å². The molecular formula is C16H31N5. The lowest BCUT2D eigenvalue weighted by atomic mass is 9.69. The molecule has 0 radical (unpaired) electrons. The van der Waals surface area contributed by atoms with Crippen LogP contribution in [0.1, 0.15) is 52.8 Å². The molecule has 1 N–H and O–H groups in total. The molecule has 0 aliphatic heterocycles. The number of nitrogens with zero attached hydrogens (tertiary/aromatic N) is 4. The molecule has 3 unspecified atom stereocenters. The van der Waals surface area contributed by atoms with Gasteiger partial charge in [-0.2, -0.15) is 4.80 Å². The van der Waals surface area contributed by atoms with Crippen LogP contribution in [0, 0.1) is 23.7 Å². The Hall–Kier alpha value is -0.970. The molecular weight excluding hydrogens is 262 g/mol. The van der Waals surface area contributed by atoms with E-state index < -0.39 is 0 Å². The predicted molar refractivity (Wildman–Crippen MR) is 84.8 cm³/mol. The van der Waals surface area contributed by atoms with E-state index in [-0.39, 0.29) is 0 Å². The zero-order valence-electron chi connectivity index (χ0n) is 14.2. The lowest BCUT2D eigenvalue weighted by molar-refractivity contribution is 0.141. The van der Waals surface area contributed by atoms with E-state index in [1.54, 1.807) is 4.80 Å². The number of rotatable bonds is 6. The van der Waals surface area contributed by atoms with Crippen molar-refractivity contribution < 1.29 is 0 Å². The largest absolute Gasteiger partial charge is 0.314 e. The van der Waals surface area contributed by atoms with Crippen LogP contribution < -0.4 is 5.32 Å². The average molecular weight is 293 g/mol. The van der Waals surface area contributed by atoms with Crippen molar-refractivity contribution in [2.75, 3.05) is 6.54 Å². The summed E-state index contributed by atoms with van der Waals surface area (Å²) in [7, 11) is 1.84. The average Bonchev–Trinajstić information content (AvgIpc) is 2.82. The van der Waals surface area contributed by atoms with Crippen LogP contribution in [0.5, 0.6) is 0 Å². The first-order valence-corrected chi connectivity index (χ1v) is 8.42. The van der Waals surface area contributed by atoms with Gasteiger partial charge in [-0.25, -0.2) is 0 Å². The lowest BCUT2D eigenvalue weighted by Crippen LogP contribution is -2.37. The number of tetrazole rings is 1. The summed E-state index contributed by atoms with van der Waals surface area (Å²) in [6.45, 7) is 10.3. The summed E-state index contributed by atoms with van der Waals surface area (Å²) in [5, 5.41) is 16.2. The molecule has 1 aliphatic carbocycles. The van der Waals surface area contributed by atoms with Crippen molar-refractivity contribution in [1.29, 1.82) is 0 Å². The van der Waals surface area contributed by atoms with E-state index in [4.69, 9.17) is 0 Å². The van der Waals surface area contributed by atoms with E-state index in [0.717, 1.165) is 36.5 Å². The third-order valence-electron chi connectivity index (χ3n) is 4.91. The number of hydrogen-bond donors (Lipinski definition) is 1. The standard InChI is InChI=1S/C16H31N5/c1-11(2)13-6-7-14(10-17-12(3)4)15(8-13)9-16-18-20-21(5)19-16/h11-15,17H,6-10H2,1-5H3. The number of aromatic nitrogens is 4. The molecule has 120 valence electrons. The van der Waals surface area contributed by atoms with Crippen LogP contribution in [0.25, 0.3) is 0 Å². The minimum atomic E-state index is 0.558. The second kappa shape index (κ2) is 7.34. The van der Waals surface area contributed by atoms with Crippen LogP contribution >= 0.6 is 0 Å². The van der Waals surface area contributed by atoms with E-state index >= 15 is 0 Å². The molecule has 1 saturated carbocycles. The highest BCUT2D eigenvalue weighted by Crippen LogP contribution is 2.38. The monoisotopic (exact) mass is 293 g/mol. The smallest absolute Gasteiger partial charge is 0.175 e. The fourth-order valence-corrected chi connectivity index (χ4v) is 3.51. The van der Waals surface area contributed by atoms with Gasteiger partial charge >= 0.3 is 0 Å². The van der Waals surface area contributed by atoms with Crippen LogP contribution in [0.2, 0.25) is 0 Å². The van der Waals surface area contributed by atoms with Gasteiger partial charge in [0.05, 0.1) is 7.05 Å². The van der Waals surface area contributed by atoms with Gasteiger partial charge in [0.2, 0.25) is 0 Å². The minimum Gasteiger partial charge on any atom is -0.314 e. The van der Waals surface area contributed by atoms with Crippen LogP contribution in [0.4, 0.5) is 0 Å². The Labute approximate surface area is 128 Å². The Balaban J connectivity index is 2.00. The molecule has 5 heteroatoms. The molecule has 0 spiro atoms. The van der Waals surface area contributed by atoms with Crippen molar-refractivity contribution in [3.63, 3.8) is 0 Å². The zero-order valence-corrected chi connectivity index (χ0v) is 14.2. The summed E-state index contributed by atoms with van der Waals surface area (Å²) in [4.78, 5) is 1.57. The second-order valence-electron chi connectivity index (χ2n) is 7.30. The first-order chi connectivity index (χ1) is 9.95. The van der Waals surface area contributed by atoms with Gasteiger partial charge in [0.15, 0.2) is 5.82 Å². The first-order valence-electron chi connectivity index (χ1n) is 8.42. The molecule has 21 heavy (non-hydrogen) atoms. The zero-order chi connectivity index (χ0) is 15.4. The minimum absolute atomic E-state index is 0.558. The van der Waals surface area contributed by atoms with Gasteiger partial charge in [-0.3, -0.25) is 0 Å². The third-order valence-corrected chi connectivity index (χ3v) is 4.91. The summed E-state index contributed by atoms with van der Waals surface area (Å²) in [6, 6.07) is 0.558. The van der Waals surface area contributed by atoms with E-state index in [9.17, 15) is 0 Å². The Morgan fingerprint density at radius 2 is 1.95 bits per heavy atom. The highest BCUT2D eigenvalue weighted by atomic mass is 15.6. The molecule has 1 fully saturated rings. The molecule has 0 saturated heterocycles. The number of nitrogens with one attached hydrogen (secondary N) is 1. The van der Waals surface area contributed by atoms with Crippen LogP contribution in [0.3, 0.4) is 0 Å². The third kappa shape index (κ3) is 4.77. The van der Waals surface area contributed by atoms with E-state index in [1.165, 1.54) is 19.3 Å². The molecule has 1 aromatic heterocycles. The van der Waals surface area contributed by atoms with Gasteiger partial charge < -0.3 is 5.32 Å². The van der Waals surface area contributed by atoms with Gasteiger partial charge in [-0.1, -0.05) is 27.7 Å². The topological polar surface area (TPSA) is 55.6 Å². The Morgan fingerprint density at radius 1 is 1.19 bits per heavy atom. The Morgan fingerprint density at radius 3 is 2.52 bits per heavy atom.